The fraction of sp³-hybridized carbons (Fsp3) is 0.579. The third-order valence-corrected chi connectivity index (χ3v) is 5.47. The molecule has 2 fully saturated rings. The first kappa shape index (κ1) is 18.5. The molecule has 0 aliphatic carbocycles. The van der Waals surface area contributed by atoms with Gasteiger partial charge < -0.3 is 23.9 Å². The zero-order valence-electron chi connectivity index (χ0n) is 16.0. The normalized spacial score (nSPS) is 20.5. The van der Waals surface area contributed by atoms with E-state index in [1.807, 2.05) is 17.0 Å². The van der Waals surface area contributed by atoms with Crippen molar-refractivity contribution in [2.24, 2.45) is 5.92 Å². The Morgan fingerprint density at radius 1 is 1.21 bits per heavy atom. The van der Waals surface area contributed by atoms with Gasteiger partial charge in [-0.15, -0.1) is 0 Å². The quantitative estimate of drug-likeness (QED) is 0.792. The van der Waals surface area contributed by atoms with Crippen LogP contribution in [0.15, 0.2) is 22.7 Å². The third kappa shape index (κ3) is 3.88. The minimum Gasteiger partial charge on any atom is -0.453 e. The number of hydrogen-bond acceptors (Lipinski definition) is 7. The first-order chi connectivity index (χ1) is 13.6. The average Bonchev–Trinajstić information content (AvgIpc) is 3.18. The lowest BCUT2D eigenvalue weighted by atomic mass is 9.94. The van der Waals surface area contributed by atoms with E-state index in [2.05, 4.69) is 14.9 Å². The van der Waals surface area contributed by atoms with Crippen LogP contribution in [0.2, 0.25) is 0 Å². The summed E-state index contributed by atoms with van der Waals surface area (Å²) in [4.78, 5) is 38.6. The van der Waals surface area contributed by atoms with Crippen molar-refractivity contribution in [2.75, 3.05) is 51.3 Å². The predicted molar refractivity (Wildman–Crippen MR) is 102 cm³/mol. The minimum absolute atomic E-state index is 0.149. The number of nitrogens with zero attached hydrogens (tertiary/aromatic N) is 5. The van der Waals surface area contributed by atoms with E-state index < -0.39 is 0 Å². The van der Waals surface area contributed by atoms with Crippen LogP contribution < -0.4 is 4.90 Å². The molecule has 28 heavy (non-hydrogen) atoms. The predicted octanol–water partition coefficient (Wildman–Crippen LogP) is 1.74. The maximum atomic E-state index is 12.7. The second-order valence-corrected chi connectivity index (χ2v) is 7.32. The van der Waals surface area contributed by atoms with Crippen molar-refractivity contribution in [3.8, 4) is 0 Å². The van der Waals surface area contributed by atoms with Crippen LogP contribution in [-0.2, 0) is 9.53 Å². The molecular formula is C19H25N5O4. The number of carbonyl (C=O) groups is 2. The Morgan fingerprint density at radius 3 is 2.75 bits per heavy atom. The maximum absolute atomic E-state index is 12.7. The van der Waals surface area contributed by atoms with Gasteiger partial charge in [0.15, 0.2) is 5.58 Å². The first-order valence-electron chi connectivity index (χ1n) is 9.71. The highest BCUT2D eigenvalue weighted by atomic mass is 16.5. The van der Waals surface area contributed by atoms with Crippen LogP contribution in [-0.4, -0.2) is 78.1 Å². The second-order valence-electron chi connectivity index (χ2n) is 7.32. The van der Waals surface area contributed by atoms with Gasteiger partial charge in [-0.05, 0) is 30.9 Å². The molecule has 2 aliphatic rings. The summed E-state index contributed by atoms with van der Waals surface area (Å²) >= 11 is 0. The van der Waals surface area contributed by atoms with Gasteiger partial charge in [0.2, 0.25) is 11.6 Å². The number of methoxy groups -OCH3 is 1. The summed E-state index contributed by atoms with van der Waals surface area (Å²) in [5, 5.41) is 0. The van der Waals surface area contributed by atoms with Gasteiger partial charge in [0, 0.05) is 51.9 Å². The van der Waals surface area contributed by atoms with Crippen molar-refractivity contribution in [1.29, 1.82) is 0 Å². The number of rotatable bonds is 3. The van der Waals surface area contributed by atoms with Crippen molar-refractivity contribution in [3.63, 3.8) is 0 Å². The van der Waals surface area contributed by atoms with Gasteiger partial charge in [-0.2, -0.15) is 4.98 Å². The number of ether oxygens (including phenoxy) is 1. The molecule has 1 atom stereocenters. The fourth-order valence-corrected chi connectivity index (χ4v) is 3.94. The summed E-state index contributed by atoms with van der Waals surface area (Å²) in [6.45, 7) is 3.77. The van der Waals surface area contributed by atoms with Crippen LogP contribution >= 0.6 is 0 Å². The molecule has 2 aromatic heterocycles. The topological polar surface area (TPSA) is 92.0 Å². The molecule has 1 unspecified atom stereocenters. The molecule has 2 aromatic rings. The third-order valence-electron chi connectivity index (χ3n) is 5.47. The van der Waals surface area contributed by atoms with Crippen LogP contribution in [0.25, 0.3) is 11.2 Å². The number of pyridine rings is 1. The van der Waals surface area contributed by atoms with Crippen molar-refractivity contribution in [2.45, 2.75) is 19.3 Å². The molecule has 4 heterocycles. The molecule has 0 N–H and O–H groups in total. The number of fused-ring (bicyclic) bond motifs is 1. The summed E-state index contributed by atoms with van der Waals surface area (Å²) < 4.78 is 10.6. The first-order valence-corrected chi connectivity index (χ1v) is 9.71. The van der Waals surface area contributed by atoms with Crippen molar-refractivity contribution in [3.05, 3.63) is 18.3 Å². The molecule has 2 amide bonds. The number of hydrogen-bond donors (Lipinski definition) is 0. The van der Waals surface area contributed by atoms with Crippen LogP contribution in [0.4, 0.5) is 10.8 Å². The highest BCUT2D eigenvalue weighted by Gasteiger charge is 2.29. The molecule has 2 saturated heterocycles. The summed E-state index contributed by atoms with van der Waals surface area (Å²) in [7, 11) is 1.38. The van der Waals surface area contributed by atoms with Gasteiger partial charge in [0.05, 0.1) is 7.11 Å². The van der Waals surface area contributed by atoms with E-state index in [-0.39, 0.29) is 17.9 Å². The lowest BCUT2D eigenvalue weighted by molar-refractivity contribution is -0.133. The van der Waals surface area contributed by atoms with Gasteiger partial charge >= 0.3 is 6.09 Å². The number of piperazine rings is 1. The Balaban J connectivity index is 1.32. The Morgan fingerprint density at radius 2 is 2.00 bits per heavy atom. The van der Waals surface area contributed by atoms with E-state index in [1.54, 1.807) is 11.1 Å². The highest BCUT2D eigenvalue weighted by Crippen LogP contribution is 2.27. The van der Waals surface area contributed by atoms with Crippen molar-refractivity contribution < 1.29 is 18.7 Å². The standard InChI is InChI=1S/C19H25N5O4/c1-27-19(26)23-10-8-22(9-11-23)16(25)12-14-4-3-7-24(13-14)18-21-17-15(28-18)5-2-6-20-17/h2,5-6,14H,3-4,7-13H2,1H3. The van der Waals surface area contributed by atoms with Gasteiger partial charge in [0.1, 0.15) is 0 Å². The molecule has 4 rings (SSSR count). The lowest BCUT2D eigenvalue weighted by Crippen LogP contribution is -2.51. The fourth-order valence-electron chi connectivity index (χ4n) is 3.94. The van der Waals surface area contributed by atoms with Gasteiger partial charge in [-0.25, -0.2) is 9.78 Å². The Labute approximate surface area is 163 Å². The summed E-state index contributed by atoms with van der Waals surface area (Å²) in [5.41, 5.74) is 1.29. The number of amides is 2. The molecular weight excluding hydrogens is 362 g/mol. The van der Waals surface area contributed by atoms with Crippen LogP contribution in [0, 0.1) is 5.92 Å². The van der Waals surface area contributed by atoms with Crippen LogP contribution in [0.1, 0.15) is 19.3 Å². The molecule has 150 valence electrons. The number of piperidine rings is 1. The number of anilines is 1. The number of carbonyl (C=O) groups excluding carboxylic acids is 2. The average molecular weight is 387 g/mol. The molecule has 0 radical (unpaired) electrons. The van der Waals surface area contributed by atoms with E-state index >= 15 is 0 Å². The maximum Gasteiger partial charge on any atom is 0.409 e. The Hall–Kier alpha value is -2.84. The van der Waals surface area contributed by atoms with Gasteiger partial charge in [-0.3, -0.25) is 4.79 Å². The highest BCUT2D eigenvalue weighted by molar-refractivity contribution is 5.77. The van der Waals surface area contributed by atoms with Crippen molar-refractivity contribution >= 4 is 29.2 Å². The minimum atomic E-state index is -0.331. The van der Waals surface area contributed by atoms with E-state index in [0.717, 1.165) is 25.9 Å². The Bertz CT molecular complexity index is 813. The van der Waals surface area contributed by atoms with Crippen LogP contribution in [0.3, 0.4) is 0 Å². The molecule has 9 nitrogen and oxygen atoms in total. The van der Waals surface area contributed by atoms with E-state index in [1.165, 1.54) is 7.11 Å². The SMILES string of the molecule is COC(=O)N1CCN(C(=O)CC2CCCN(c3nc4ncccc4o3)C2)CC1. The van der Waals surface area contributed by atoms with Crippen LogP contribution in [0.5, 0.6) is 0 Å². The molecule has 9 heteroatoms. The largest absolute Gasteiger partial charge is 0.453 e. The lowest BCUT2D eigenvalue weighted by Gasteiger charge is -2.36. The number of aromatic nitrogens is 2. The van der Waals surface area contributed by atoms with Crippen molar-refractivity contribution in [1.82, 2.24) is 19.8 Å². The molecule has 0 saturated carbocycles. The monoisotopic (exact) mass is 387 g/mol. The molecule has 0 bridgehead atoms. The summed E-state index contributed by atoms with van der Waals surface area (Å²) in [5.74, 6) is 0.415. The van der Waals surface area contributed by atoms with E-state index in [9.17, 15) is 9.59 Å². The second kappa shape index (κ2) is 8.04. The molecule has 2 aliphatic heterocycles. The molecule has 0 spiro atoms. The summed E-state index contributed by atoms with van der Waals surface area (Å²) in [6, 6.07) is 4.27. The Kier molecular flexibility index (Phi) is 5.31. The summed E-state index contributed by atoms with van der Waals surface area (Å²) in [6.07, 6.45) is 3.89. The van der Waals surface area contributed by atoms with E-state index in [0.29, 0.717) is 49.8 Å². The van der Waals surface area contributed by atoms with Gasteiger partial charge in [0.25, 0.3) is 6.01 Å². The zero-order valence-corrected chi connectivity index (χ0v) is 16.0. The van der Waals surface area contributed by atoms with E-state index in [4.69, 9.17) is 9.15 Å². The van der Waals surface area contributed by atoms with Gasteiger partial charge in [-0.1, -0.05) is 0 Å². The smallest absolute Gasteiger partial charge is 0.409 e. The molecule has 0 aromatic carbocycles. The zero-order chi connectivity index (χ0) is 19.5. The number of oxazole rings is 1.